The summed E-state index contributed by atoms with van der Waals surface area (Å²) in [6.45, 7) is 4.31. The second-order valence-electron chi connectivity index (χ2n) is 5.69. The molecule has 0 saturated carbocycles. The predicted octanol–water partition coefficient (Wildman–Crippen LogP) is 3.78. The second-order valence-corrected chi connectivity index (χ2v) is 6.89. The Morgan fingerprint density at radius 2 is 2.00 bits per heavy atom. The number of nitrogens with zero attached hydrogens (tertiary/aromatic N) is 3. The topological polar surface area (TPSA) is 60.9 Å². The van der Waals surface area contributed by atoms with Gasteiger partial charge in [-0.3, -0.25) is 9.36 Å². The van der Waals surface area contributed by atoms with E-state index in [1.165, 1.54) is 0 Å². The lowest BCUT2D eigenvalue weighted by atomic mass is 10.1. The molecule has 0 saturated heterocycles. The van der Waals surface area contributed by atoms with E-state index in [-0.39, 0.29) is 5.56 Å². The number of aryl methyl sites for hydroxylation is 2. The minimum atomic E-state index is -0.0360. The smallest absolute Gasteiger partial charge is 0.262 e. The van der Waals surface area contributed by atoms with E-state index in [9.17, 15) is 4.79 Å². The molecule has 5 nitrogen and oxygen atoms in total. The van der Waals surface area contributed by atoms with Crippen LogP contribution in [0.25, 0.3) is 21.5 Å². The van der Waals surface area contributed by atoms with Crippen LogP contribution in [0.15, 0.2) is 52.0 Å². The summed E-state index contributed by atoms with van der Waals surface area (Å²) in [7, 11) is 0. The van der Waals surface area contributed by atoms with Crippen molar-refractivity contribution in [2.45, 2.75) is 20.4 Å². The third kappa shape index (κ3) is 2.45. The lowest BCUT2D eigenvalue weighted by molar-refractivity contribution is 0.420. The minimum Gasteiger partial charge on any atom is -0.356 e. The van der Waals surface area contributed by atoms with Gasteiger partial charge in [-0.2, -0.15) is 0 Å². The van der Waals surface area contributed by atoms with E-state index >= 15 is 0 Å². The summed E-state index contributed by atoms with van der Waals surface area (Å²) in [4.78, 5) is 19.0. The molecular weight excluding hydrogens is 322 g/mol. The first-order valence-corrected chi connectivity index (χ1v) is 8.41. The number of hydrogen-bond acceptors (Lipinski definition) is 5. The summed E-state index contributed by atoms with van der Waals surface area (Å²) < 4.78 is 6.97. The highest BCUT2D eigenvalue weighted by atomic mass is 32.1. The zero-order valence-corrected chi connectivity index (χ0v) is 14.1. The molecule has 0 amide bonds. The highest BCUT2D eigenvalue weighted by Gasteiger charge is 2.13. The van der Waals surface area contributed by atoms with Crippen molar-refractivity contribution in [2.24, 2.45) is 0 Å². The number of thiophene rings is 1. The molecule has 0 aliphatic carbocycles. The number of fused-ring (bicyclic) bond motifs is 1. The molecule has 4 rings (SSSR count). The van der Waals surface area contributed by atoms with Gasteiger partial charge in [0.15, 0.2) is 5.76 Å². The summed E-state index contributed by atoms with van der Waals surface area (Å²) in [6.07, 6.45) is 1.58. The first kappa shape index (κ1) is 14.8. The number of hydrogen-bond donors (Lipinski definition) is 0. The quantitative estimate of drug-likeness (QED) is 0.571. The van der Waals surface area contributed by atoms with Crippen molar-refractivity contribution in [1.29, 1.82) is 0 Å². The van der Waals surface area contributed by atoms with Crippen LogP contribution in [0.3, 0.4) is 0 Å². The van der Waals surface area contributed by atoms with Gasteiger partial charge in [-0.05, 0) is 19.4 Å². The Morgan fingerprint density at radius 3 is 2.79 bits per heavy atom. The fourth-order valence-corrected chi connectivity index (χ4v) is 3.67. The van der Waals surface area contributed by atoms with E-state index in [4.69, 9.17) is 4.52 Å². The van der Waals surface area contributed by atoms with Crippen LogP contribution >= 0.6 is 11.3 Å². The molecule has 6 heteroatoms. The van der Waals surface area contributed by atoms with Crippen LogP contribution in [0, 0.1) is 13.8 Å². The molecular formula is C18H15N3O2S. The standard InChI is InChI=1S/C18H15N3O2S/c1-11-12(2)24-17-16(11)18(22)21(10-19-17)9-14-8-15(23-20-14)13-6-4-3-5-7-13/h3-8,10H,9H2,1-2H3. The van der Waals surface area contributed by atoms with Crippen LogP contribution in [-0.4, -0.2) is 14.7 Å². The van der Waals surface area contributed by atoms with Gasteiger partial charge in [-0.1, -0.05) is 35.5 Å². The number of aromatic nitrogens is 3. The third-order valence-electron chi connectivity index (χ3n) is 4.11. The van der Waals surface area contributed by atoms with Crippen molar-refractivity contribution in [2.75, 3.05) is 0 Å². The van der Waals surface area contributed by atoms with Crippen LogP contribution in [0.2, 0.25) is 0 Å². The number of benzene rings is 1. The molecule has 0 radical (unpaired) electrons. The van der Waals surface area contributed by atoms with Crippen molar-refractivity contribution in [3.63, 3.8) is 0 Å². The molecule has 0 N–H and O–H groups in total. The first-order valence-electron chi connectivity index (χ1n) is 7.59. The van der Waals surface area contributed by atoms with Gasteiger partial charge >= 0.3 is 0 Å². The van der Waals surface area contributed by atoms with Gasteiger partial charge in [0, 0.05) is 16.5 Å². The molecule has 0 atom stereocenters. The van der Waals surface area contributed by atoms with E-state index in [0.29, 0.717) is 23.4 Å². The summed E-state index contributed by atoms with van der Waals surface area (Å²) in [5, 5.41) is 4.78. The zero-order chi connectivity index (χ0) is 16.7. The van der Waals surface area contributed by atoms with Gasteiger partial charge in [0.05, 0.1) is 18.3 Å². The molecule has 0 bridgehead atoms. The Bertz CT molecular complexity index is 1080. The summed E-state index contributed by atoms with van der Waals surface area (Å²) in [5.41, 5.74) is 2.63. The van der Waals surface area contributed by atoms with Crippen molar-refractivity contribution < 1.29 is 4.52 Å². The maximum absolute atomic E-state index is 12.7. The fraction of sp³-hybridized carbons (Fsp3) is 0.167. The van der Waals surface area contributed by atoms with Crippen LogP contribution in [0.1, 0.15) is 16.1 Å². The van der Waals surface area contributed by atoms with Crippen molar-refractivity contribution in [1.82, 2.24) is 14.7 Å². The lowest BCUT2D eigenvalue weighted by Crippen LogP contribution is -2.21. The van der Waals surface area contributed by atoms with Gasteiger partial charge in [-0.25, -0.2) is 4.98 Å². The Balaban J connectivity index is 1.70. The van der Waals surface area contributed by atoms with Gasteiger partial charge < -0.3 is 4.52 Å². The van der Waals surface area contributed by atoms with Crippen molar-refractivity contribution in [3.05, 3.63) is 69.2 Å². The van der Waals surface area contributed by atoms with E-state index in [1.807, 2.05) is 50.2 Å². The van der Waals surface area contributed by atoms with E-state index in [2.05, 4.69) is 10.1 Å². The van der Waals surface area contributed by atoms with Crippen LogP contribution in [0.5, 0.6) is 0 Å². The average Bonchev–Trinajstić information content (AvgIpc) is 3.17. The van der Waals surface area contributed by atoms with Crippen LogP contribution in [-0.2, 0) is 6.54 Å². The minimum absolute atomic E-state index is 0.0360. The Kier molecular flexibility index (Phi) is 3.54. The van der Waals surface area contributed by atoms with Crippen LogP contribution < -0.4 is 5.56 Å². The molecule has 24 heavy (non-hydrogen) atoms. The maximum Gasteiger partial charge on any atom is 0.262 e. The molecule has 1 aromatic carbocycles. The third-order valence-corrected chi connectivity index (χ3v) is 5.22. The summed E-state index contributed by atoms with van der Waals surface area (Å²) >= 11 is 1.55. The SMILES string of the molecule is Cc1sc2ncn(Cc3cc(-c4ccccc4)on3)c(=O)c2c1C. The van der Waals surface area contributed by atoms with E-state index in [0.717, 1.165) is 20.8 Å². The Labute approximate surface area is 142 Å². The summed E-state index contributed by atoms with van der Waals surface area (Å²) in [5.74, 6) is 0.690. The molecule has 0 unspecified atom stereocenters. The number of rotatable bonds is 3. The van der Waals surface area contributed by atoms with E-state index < -0.39 is 0 Å². The predicted molar refractivity (Wildman–Crippen MR) is 94.4 cm³/mol. The molecule has 3 heterocycles. The Morgan fingerprint density at radius 1 is 1.21 bits per heavy atom. The van der Waals surface area contributed by atoms with Crippen LogP contribution in [0.4, 0.5) is 0 Å². The Hall–Kier alpha value is -2.73. The molecule has 4 aromatic rings. The second kappa shape index (κ2) is 5.72. The highest BCUT2D eigenvalue weighted by molar-refractivity contribution is 7.18. The van der Waals surface area contributed by atoms with E-state index in [1.54, 1.807) is 22.2 Å². The zero-order valence-electron chi connectivity index (χ0n) is 13.3. The largest absolute Gasteiger partial charge is 0.356 e. The molecule has 3 aromatic heterocycles. The molecule has 0 aliphatic rings. The molecule has 0 fully saturated rings. The van der Waals surface area contributed by atoms with Gasteiger partial charge in [-0.15, -0.1) is 11.3 Å². The summed E-state index contributed by atoms with van der Waals surface area (Å²) in [6, 6.07) is 11.6. The highest BCUT2D eigenvalue weighted by Crippen LogP contribution is 2.25. The average molecular weight is 337 g/mol. The van der Waals surface area contributed by atoms with Gasteiger partial charge in [0.25, 0.3) is 5.56 Å². The van der Waals surface area contributed by atoms with Crippen molar-refractivity contribution in [3.8, 4) is 11.3 Å². The molecule has 0 spiro atoms. The first-order chi connectivity index (χ1) is 11.6. The monoisotopic (exact) mass is 337 g/mol. The fourth-order valence-electron chi connectivity index (χ4n) is 2.68. The molecule has 120 valence electrons. The van der Waals surface area contributed by atoms with Gasteiger partial charge in [0.1, 0.15) is 10.5 Å². The van der Waals surface area contributed by atoms with Gasteiger partial charge in [0.2, 0.25) is 0 Å². The lowest BCUT2D eigenvalue weighted by Gasteiger charge is -2.02. The maximum atomic E-state index is 12.7. The van der Waals surface area contributed by atoms with Crippen molar-refractivity contribution >= 4 is 21.6 Å². The molecule has 0 aliphatic heterocycles. The normalized spacial score (nSPS) is 11.2.